The Bertz CT molecular complexity index is 647. The second-order valence-electron chi connectivity index (χ2n) is 7.08. The van der Waals surface area contributed by atoms with E-state index in [0.29, 0.717) is 25.7 Å². The summed E-state index contributed by atoms with van der Waals surface area (Å²) in [5.74, 6) is 2.14. The minimum atomic E-state index is -0.0399. The van der Waals surface area contributed by atoms with Crippen LogP contribution in [0.4, 0.5) is 4.79 Å². The van der Waals surface area contributed by atoms with E-state index in [2.05, 4.69) is 5.32 Å². The lowest BCUT2D eigenvalue weighted by molar-refractivity contribution is 0.0968. The van der Waals surface area contributed by atoms with Gasteiger partial charge in [-0.05, 0) is 25.7 Å². The average Bonchev–Trinajstić information content (AvgIpc) is 3.47. The van der Waals surface area contributed by atoms with Crippen molar-refractivity contribution < 1.29 is 14.3 Å². The van der Waals surface area contributed by atoms with Crippen LogP contribution in [-0.2, 0) is 17.6 Å². The van der Waals surface area contributed by atoms with Crippen molar-refractivity contribution in [2.24, 2.45) is 0 Å². The number of hydrogen-bond donors (Lipinski definition) is 1. The van der Waals surface area contributed by atoms with Gasteiger partial charge in [-0.3, -0.25) is 0 Å². The van der Waals surface area contributed by atoms with E-state index in [9.17, 15) is 4.79 Å². The smallest absolute Gasteiger partial charge is 0.317 e. The van der Waals surface area contributed by atoms with Crippen LogP contribution in [0.25, 0.3) is 0 Å². The van der Waals surface area contributed by atoms with Gasteiger partial charge in [-0.1, -0.05) is 0 Å². The van der Waals surface area contributed by atoms with Gasteiger partial charge in [-0.2, -0.15) is 4.98 Å². The fraction of sp³-hybridized carbons (Fsp3) is 0.722. The van der Waals surface area contributed by atoms with Gasteiger partial charge in [0, 0.05) is 37.9 Å². The molecule has 25 heavy (non-hydrogen) atoms. The molecule has 3 aliphatic rings. The van der Waals surface area contributed by atoms with Crippen molar-refractivity contribution in [3.05, 3.63) is 17.1 Å². The van der Waals surface area contributed by atoms with Crippen LogP contribution in [0.3, 0.4) is 0 Å². The molecule has 0 spiro atoms. The minimum absolute atomic E-state index is 0.0127. The van der Waals surface area contributed by atoms with Gasteiger partial charge in [0.1, 0.15) is 11.9 Å². The Kier molecular flexibility index (Phi) is 4.74. The van der Waals surface area contributed by atoms with Crippen molar-refractivity contribution in [2.45, 2.75) is 50.5 Å². The van der Waals surface area contributed by atoms with Crippen molar-refractivity contribution >= 4 is 6.03 Å². The van der Waals surface area contributed by atoms with E-state index in [4.69, 9.17) is 19.4 Å². The van der Waals surface area contributed by atoms with Crippen molar-refractivity contribution in [1.29, 1.82) is 0 Å². The Morgan fingerprint density at radius 2 is 2.08 bits per heavy atom. The summed E-state index contributed by atoms with van der Waals surface area (Å²) in [6, 6.07) is -0.0399. The number of carbonyl (C=O) groups is 1. The molecule has 0 radical (unpaired) electrons. The van der Waals surface area contributed by atoms with Crippen LogP contribution in [0.1, 0.15) is 48.7 Å². The lowest BCUT2D eigenvalue weighted by Crippen LogP contribution is -2.47. The summed E-state index contributed by atoms with van der Waals surface area (Å²) in [6.45, 7) is 2.78. The number of hydrogen-bond acceptors (Lipinski definition) is 5. The molecule has 4 rings (SSSR count). The fourth-order valence-electron chi connectivity index (χ4n) is 3.59. The molecule has 7 heteroatoms. The van der Waals surface area contributed by atoms with Gasteiger partial charge < -0.3 is 19.7 Å². The van der Waals surface area contributed by atoms with Crippen molar-refractivity contribution in [3.63, 3.8) is 0 Å². The summed E-state index contributed by atoms with van der Waals surface area (Å²) < 4.78 is 11.9. The minimum Gasteiger partial charge on any atom is -0.472 e. The molecule has 2 aliphatic heterocycles. The fourth-order valence-corrected chi connectivity index (χ4v) is 3.59. The summed E-state index contributed by atoms with van der Waals surface area (Å²) >= 11 is 0. The van der Waals surface area contributed by atoms with E-state index in [0.717, 1.165) is 55.2 Å². The molecule has 0 unspecified atom stereocenters. The number of nitrogens with one attached hydrogen (secondary N) is 1. The third-order valence-electron chi connectivity index (χ3n) is 5.15. The van der Waals surface area contributed by atoms with E-state index in [1.54, 1.807) is 7.05 Å². The molecule has 7 nitrogen and oxygen atoms in total. The van der Waals surface area contributed by atoms with Gasteiger partial charge in [-0.25, -0.2) is 9.78 Å². The molecule has 0 bridgehead atoms. The molecule has 1 N–H and O–H groups in total. The normalized spacial score (nSPS) is 23.6. The first-order chi connectivity index (χ1) is 12.2. The standard InChI is InChI=1S/C18H26N4O3/c1-19-18(23)22-8-2-3-13(11-22)25-17-14-6-9-24-10-7-15(14)20-16(21-17)12-4-5-12/h12-13H,2-11H2,1H3,(H,19,23)/t13-/m0/s1. The number of piperidine rings is 1. The number of likely N-dealkylation sites (tertiary alicyclic amines) is 1. The number of carbonyl (C=O) groups excluding carboxylic acids is 1. The third kappa shape index (κ3) is 3.71. The largest absolute Gasteiger partial charge is 0.472 e. The van der Waals surface area contributed by atoms with Gasteiger partial charge >= 0.3 is 6.03 Å². The van der Waals surface area contributed by atoms with Gasteiger partial charge in [0.2, 0.25) is 5.88 Å². The maximum absolute atomic E-state index is 11.9. The second-order valence-corrected chi connectivity index (χ2v) is 7.08. The van der Waals surface area contributed by atoms with Crippen LogP contribution in [0.5, 0.6) is 5.88 Å². The van der Waals surface area contributed by atoms with Gasteiger partial charge in [0.15, 0.2) is 0 Å². The van der Waals surface area contributed by atoms with E-state index in [1.807, 2.05) is 4.90 Å². The van der Waals surface area contributed by atoms with E-state index >= 15 is 0 Å². The Morgan fingerprint density at radius 3 is 2.88 bits per heavy atom. The quantitative estimate of drug-likeness (QED) is 0.901. The van der Waals surface area contributed by atoms with Crippen LogP contribution >= 0.6 is 0 Å². The molecule has 1 aromatic rings. The number of ether oxygens (including phenoxy) is 2. The molecule has 0 aromatic carbocycles. The highest BCUT2D eigenvalue weighted by atomic mass is 16.5. The zero-order valence-corrected chi connectivity index (χ0v) is 14.8. The number of amides is 2. The van der Waals surface area contributed by atoms with Crippen molar-refractivity contribution in [1.82, 2.24) is 20.2 Å². The predicted molar refractivity (Wildman–Crippen MR) is 91.9 cm³/mol. The van der Waals surface area contributed by atoms with E-state index in [-0.39, 0.29) is 12.1 Å². The first kappa shape index (κ1) is 16.6. The Morgan fingerprint density at radius 1 is 1.24 bits per heavy atom. The molecule has 1 aliphatic carbocycles. The molecule has 1 saturated carbocycles. The van der Waals surface area contributed by atoms with Gasteiger partial charge in [0.05, 0.1) is 25.5 Å². The lowest BCUT2D eigenvalue weighted by atomic mass is 10.1. The molecule has 3 heterocycles. The summed E-state index contributed by atoms with van der Waals surface area (Å²) in [4.78, 5) is 23.3. The predicted octanol–water partition coefficient (Wildman–Crippen LogP) is 1.65. The average molecular weight is 346 g/mol. The maximum atomic E-state index is 11.9. The van der Waals surface area contributed by atoms with Crippen LogP contribution in [-0.4, -0.2) is 60.4 Å². The Labute approximate surface area is 148 Å². The molecule has 1 aromatic heterocycles. The molecule has 1 saturated heterocycles. The van der Waals surface area contributed by atoms with E-state index in [1.165, 1.54) is 12.8 Å². The molecule has 1 atom stereocenters. The lowest BCUT2D eigenvalue weighted by Gasteiger charge is -2.32. The third-order valence-corrected chi connectivity index (χ3v) is 5.15. The van der Waals surface area contributed by atoms with Crippen LogP contribution < -0.4 is 10.1 Å². The zero-order chi connectivity index (χ0) is 17.2. The van der Waals surface area contributed by atoms with Gasteiger partial charge in [-0.15, -0.1) is 0 Å². The first-order valence-electron chi connectivity index (χ1n) is 9.35. The maximum Gasteiger partial charge on any atom is 0.317 e. The highest BCUT2D eigenvalue weighted by Crippen LogP contribution is 2.40. The van der Waals surface area contributed by atoms with E-state index < -0.39 is 0 Å². The number of rotatable bonds is 3. The zero-order valence-electron chi connectivity index (χ0n) is 14.8. The topological polar surface area (TPSA) is 76.6 Å². The number of fused-ring (bicyclic) bond motifs is 1. The molecular weight excluding hydrogens is 320 g/mol. The molecular formula is C18H26N4O3. The molecule has 2 amide bonds. The number of urea groups is 1. The Hall–Kier alpha value is -1.89. The Balaban J connectivity index is 1.56. The van der Waals surface area contributed by atoms with Crippen molar-refractivity contribution in [3.8, 4) is 5.88 Å². The summed E-state index contributed by atoms with van der Waals surface area (Å²) in [5.41, 5.74) is 2.18. The van der Waals surface area contributed by atoms with Crippen molar-refractivity contribution in [2.75, 3.05) is 33.4 Å². The van der Waals surface area contributed by atoms with Crippen LogP contribution in [0.15, 0.2) is 0 Å². The number of aromatic nitrogens is 2. The van der Waals surface area contributed by atoms with Crippen LogP contribution in [0, 0.1) is 0 Å². The molecule has 136 valence electrons. The summed E-state index contributed by atoms with van der Waals surface area (Å²) in [7, 11) is 1.67. The monoisotopic (exact) mass is 346 g/mol. The number of nitrogens with zero attached hydrogens (tertiary/aromatic N) is 3. The summed E-state index contributed by atoms with van der Waals surface area (Å²) in [6.07, 6.45) is 5.84. The highest BCUT2D eigenvalue weighted by Gasteiger charge is 2.31. The van der Waals surface area contributed by atoms with Gasteiger partial charge in [0.25, 0.3) is 0 Å². The van der Waals surface area contributed by atoms with Crippen LogP contribution in [0.2, 0.25) is 0 Å². The first-order valence-corrected chi connectivity index (χ1v) is 9.35. The highest BCUT2D eigenvalue weighted by molar-refractivity contribution is 5.73. The second kappa shape index (κ2) is 7.15. The molecule has 2 fully saturated rings. The SMILES string of the molecule is CNC(=O)N1CCC[C@H](Oc2nc(C3CC3)nc3c2CCOCC3)C1. The summed E-state index contributed by atoms with van der Waals surface area (Å²) in [5, 5.41) is 2.70.